The van der Waals surface area contributed by atoms with E-state index in [-0.39, 0.29) is 11.5 Å². The van der Waals surface area contributed by atoms with Gasteiger partial charge in [0.15, 0.2) is 5.76 Å². The van der Waals surface area contributed by atoms with Crippen molar-refractivity contribution in [3.8, 4) is 17.2 Å². The highest BCUT2D eigenvalue weighted by Crippen LogP contribution is 2.35. The van der Waals surface area contributed by atoms with Crippen LogP contribution in [0.2, 0.25) is 5.02 Å². The van der Waals surface area contributed by atoms with Crippen molar-refractivity contribution in [3.63, 3.8) is 0 Å². The molecule has 3 aromatic rings. The number of para-hydroxylation sites is 1. The van der Waals surface area contributed by atoms with Crippen molar-refractivity contribution in [3.05, 3.63) is 94.2 Å². The first-order chi connectivity index (χ1) is 13.6. The Balaban J connectivity index is 1.52. The fourth-order valence-corrected chi connectivity index (χ4v) is 3.06. The van der Waals surface area contributed by atoms with E-state index in [2.05, 4.69) is 0 Å². The molecule has 0 bridgehead atoms. The maximum atomic E-state index is 12.6. The number of rotatable bonds is 5. The number of halogens is 1. The lowest BCUT2D eigenvalue weighted by Crippen LogP contribution is -1.98. The van der Waals surface area contributed by atoms with E-state index in [1.54, 1.807) is 31.4 Å². The quantitative estimate of drug-likeness (QED) is 0.534. The van der Waals surface area contributed by atoms with E-state index in [9.17, 15) is 4.79 Å². The van der Waals surface area contributed by atoms with Crippen molar-refractivity contribution in [1.82, 2.24) is 0 Å². The van der Waals surface area contributed by atoms with Crippen molar-refractivity contribution >= 4 is 23.5 Å². The molecule has 0 saturated heterocycles. The van der Waals surface area contributed by atoms with E-state index in [0.29, 0.717) is 34.4 Å². The Morgan fingerprint density at radius 2 is 1.82 bits per heavy atom. The standard InChI is InChI=1S/C23H17ClO4/c1-26-20-5-3-2-4-16(20)12-22-23(25)19-11-10-18(13-21(19)28-22)27-14-15-6-8-17(24)9-7-15/h2-13H,14H2,1H3/b22-12-. The zero-order chi connectivity index (χ0) is 19.5. The first-order valence-electron chi connectivity index (χ1n) is 8.72. The van der Waals surface area contributed by atoms with Crippen molar-refractivity contribution in [2.24, 2.45) is 0 Å². The number of allylic oxidation sites excluding steroid dienone is 1. The van der Waals surface area contributed by atoms with E-state index in [0.717, 1.165) is 11.1 Å². The molecule has 1 heterocycles. The van der Waals surface area contributed by atoms with Gasteiger partial charge in [-0.2, -0.15) is 0 Å². The summed E-state index contributed by atoms with van der Waals surface area (Å²) >= 11 is 5.89. The molecule has 4 nitrogen and oxygen atoms in total. The van der Waals surface area contributed by atoms with Crippen molar-refractivity contribution in [2.75, 3.05) is 7.11 Å². The number of fused-ring (bicyclic) bond motifs is 1. The summed E-state index contributed by atoms with van der Waals surface area (Å²) in [7, 11) is 1.59. The van der Waals surface area contributed by atoms with Crippen LogP contribution in [-0.4, -0.2) is 12.9 Å². The Labute approximate surface area is 167 Å². The molecule has 5 heteroatoms. The van der Waals surface area contributed by atoms with E-state index in [1.807, 2.05) is 48.5 Å². The normalized spacial score (nSPS) is 13.9. The Morgan fingerprint density at radius 1 is 1.04 bits per heavy atom. The average molecular weight is 393 g/mol. The summed E-state index contributed by atoms with van der Waals surface area (Å²) in [6, 6.07) is 20.1. The van der Waals surface area contributed by atoms with Gasteiger partial charge >= 0.3 is 0 Å². The third kappa shape index (κ3) is 3.73. The molecule has 0 unspecified atom stereocenters. The lowest BCUT2D eigenvalue weighted by Gasteiger charge is -2.07. The number of Topliss-reactive ketones (excluding diaryl/α,β-unsaturated/α-hetero) is 1. The second-order valence-corrected chi connectivity index (χ2v) is 6.69. The number of ketones is 1. The maximum absolute atomic E-state index is 12.6. The summed E-state index contributed by atoms with van der Waals surface area (Å²) in [5.74, 6) is 1.88. The molecular formula is C23H17ClO4. The molecule has 1 aliphatic rings. The third-order valence-corrected chi connectivity index (χ3v) is 4.64. The Morgan fingerprint density at radius 3 is 2.61 bits per heavy atom. The second-order valence-electron chi connectivity index (χ2n) is 6.25. The summed E-state index contributed by atoms with van der Waals surface area (Å²) in [6.45, 7) is 0.397. The van der Waals surface area contributed by atoms with Gasteiger partial charge in [0.1, 0.15) is 23.9 Å². The predicted molar refractivity (Wildman–Crippen MR) is 108 cm³/mol. The van der Waals surface area contributed by atoms with Crippen LogP contribution in [-0.2, 0) is 6.61 Å². The summed E-state index contributed by atoms with van der Waals surface area (Å²) in [5.41, 5.74) is 2.29. The molecule has 0 spiro atoms. The van der Waals surface area contributed by atoms with Crippen LogP contribution < -0.4 is 14.2 Å². The van der Waals surface area contributed by atoms with Gasteiger partial charge in [0.25, 0.3) is 0 Å². The first kappa shape index (κ1) is 18.1. The zero-order valence-corrected chi connectivity index (χ0v) is 15.9. The molecule has 0 aliphatic carbocycles. The molecule has 0 fully saturated rings. The number of carbonyl (C=O) groups is 1. The highest BCUT2D eigenvalue weighted by Gasteiger charge is 2.28. The Bertz CT molecular complexity index is 1050. The number of carbonyl (C=O) groups excluding carboxylic acids is 1. The molecule has 0 aromatic heterocycles. The van der Waals surface area contributed by atoms with Gasteiger partial charge < -0.3 is 14.2 Å². The van der Waals surface area contributed by atoms with Crippen molar-refractivity contribution in [2.45, 2.75) is 6.61 Å². The van der Waals surface area contributed by atoms with Crippen LogP contribution >= 0.6 is 11.6 Å². The van der Waals surface area contributed by atoms with Crippen LogP contribution in [0.3, 0.4) is 0 Å². The van der Waals surface area contributed by atoms with Crippen molar-refractivity contribution in [1.29, 1.82) is 0 Å². The van der Waals surface area contributed by atoms with Gasteiger partial charge in [-0.3, -0.25) is 4.79 Å². The molecule has 140 valence electrons. The highest BCUT2D eigenvalue weighted by molar-refractivity contribution is 6.30. The molecule has 1 aliphatic heterocycles. The first-order valence-corrected chi connectivity index (χ1v) is 9.10. The molecule has 0 saturated carbocycles. The number of benzene rings is 3. The smallest absolute Gasteiger partial charge is 0.231 e. The molecule has 0 amide bonds. The number of methoxy groups -OCH3 is 1. The van der Waals surface area contributed by atoms with E-state index >= 15 is 0 Å². The highest BCUT2D eigenvalue weighted by atomic mass is 35.5. The van der Waals surface area contributed by atoms with Gasteiger partial charge in [0, 0.05) is 16.7 Å². The van der Waals surface area contributed by atoms with Crippen LogP contribution in [0.15, 0.2) is 72.5 Å². The molecular weight excluding hydrogens is 376 g/mol. The minimum atomic E-state index is -0.162. The number of hydrogen-bond acceptors (Lipinski definition) is 4. The van der Waals surface area contributed by atoms with E-state index in [1.165, 1.54) is 0 Å². The van der Waals surface area contributed by atoms with Crippen molar-refractivity contribution < 1.29 is 19.0 Å². The molecule has 4 rings (SSSR count). The largest absolute Gasteiger partial charge is 0.496 e. The summed E-state index contributed by atoms with van der Waals surface area (Å²) < 4.78 is 16.9. The zero-order valence-electron chi connectivity index (χ0n) is 15.1. The third-order valence-electron chi connectivity index (χ3n) is 4.39. The molecule has 0 atom stereocenters. The molecule has 0 radical (unpaired) electrons. The second kappa shape index (κ2) is 7.79. The van der Waals surface area contributed by atoms with Gasteiger partial charge in [-0.1, -0.05) is 41.9 Å². The average Bonchev–Trinajstić information content (AvgIpc) is 3.03. The maximum Gasteiger partial charge on any atom is 0.231 e. The Hall–Kier alpha value is -3.24. The predicted octanol–water partition coefficient (Wildman–Crippen LogP) is 5.54. The number of hydrogen-bond donors (Lipinski definition) is 0. The summed E-state index contributed by atoms with van der Waals surface area (Å²) in [4.78, 5) is 12.6. The minimum Gasteiger partial charge on any atom is -0.496 e. The lowest BCUT2D eigenvalue weighted by molar-refractivity contribution is 0.101. The fourth-order valence-electron chi connectivity index (χ4n) is 2.93. The van der Waals surface area contributed by atoms with Gasteiger partial charge in [-0.05, 0) is 42.0 Å². The molecule has 28 heavy (non-hydrogen) atoms. The van der Waals surface area contributed by atoms with Gasteiger partial charge in [0.2, 0.25) is 5.78 Å². The molecule has 0 N–H and O–H groups in total. The van der Waals surface area contributed by atoms with Crippen LogP contribution in [0.5, 0.6) is 17.2 Å². The van der Waals surface area contributed by atoms with Gasteiger partial charge in [-0.25, -0.2) is 0 Å². The monoisotopic (exact) mass is 392 g/mol. The van der Waals surface area contributed by atoms with Gasteiger partial charge in [-0.15, -0.1) is 0 Å². The van der Waals surface area contributed by atoms with Gasteiger partial charge in [0.05, 0.1) is 12.7 Å². The minimum absolute atomic E-state index is 0.162. The van der Waals surface area contributed by atoms with Crippen LogP contribution in [0.1, 0.15) is 21.5 Å². The van der Waals surface area contributed by atoms with Crippen LogP contribution in [0, 0.1) is 0 Å². The number of ether oxygens (including phenoxy) is 3. The SMILES string of the molecule is COc1ccccc1/C=C1\Oc2cc(OCc3ccc(Cl)cc3)ccc2C1=O. The lowest BCUT2D eigenvalue weighted by atomic mass is 10.1. The van der Waals surface area contributed by atoms with Crippen LogP contribution in [0.25, 0.3) is 6.08 Å². The fraction of sp³-hybridized carbons (Fsp3) is 0.0870. The van der Waals surface area contributed by atoms with E-state index in [4.69, 9.17) is 25.8 Å². The summed E-state index contributed by atoms with van der Waals surface area (Å²) in [5, 5.41) is 0.683. The summed E-state index contributed by atoms with van der Waals surface area (Å²) in [6.07, 6.45) is 1.69. The van der Waals surface area contributed by atoms with E-state index < -0.39 is 0 Å². The topological polar surface area (TPSA) is 44.8 Å². The Kier molecular flexibility index (Phi) is 5.04. The molecule has 3 aromatic carbocycles. The van der Waals surface area contributed by atoms with Crippen LogP contribution in [0.4, 0.5) is 0 Å².